The molecule has 0 fully saturated rings. The molecule has 0 unspecified atom stereocenters. The second kappa shape index (κ2) is 5.60. The average molecular weight is 334 g/mol. The highest BCUT2D eigenvalue weighted by molar-refractivity contribution is 7.92. The number of sulfonamides is 1. The van der Waals surface area contributed by atoms with E-state index in [4.69, 9.17) is 23.2 Å². The largest absolute Gasteiger partial charge is 0.278 e. The highest BCUT2D eigenvalue weighted by atomic mass is 35.5. The van der Waals surface area contributed by atoms with Crippen molar-refractivity contribution in [2.45, 2.75) is 11.8 Å². The second-order valence-corrected chi connectivity index (χ2v) is 6.58. The van der Waals surface area contributed by atoms with E-state index in [-0.39, 0.29) is 26.2 Å². The summed E-state index contributed by atoms with van der Waals surface area (Å²) in [4.78, 5) is -0.0697. The van der Waals surface area contributed by atoms with Crippen molar-refractivity contribution in [3.63, 3.8) is 0 Å². The SMILES string of the molecule is Cc1cc(NS(=O)(=O)c2ccccc2Cl)c(Cl)cc1F. The predicted octanol–water partition coefficient (Wildman–Crippen LogP) is 4.24. The fourth-order valence-corrected chi connectivity index (χ4v) is 3.44. The lowest BCUT2D eigenvalue weighted by molar-refractivity contribution is 0.601. The highest BCUT2D eigenvalue weighted by Gasteiger charge is 2.19. The molecule has 0 aromatic heterocycles. The van der Waals surface area contributed by atoms with Crippen LogP contribution in [-0.2, 0) is 10.0 Å². The number of rotatable bonds is 3. The first kappa shape index (κ1) is 15.1. The van der Waals surface area contributed by atoms with Crippen molar-refractivity contribution in [2.24, 2.45) is 0 Å². The zero-order valence-electron chi connectivity index (χ0n) is 10.3. The molecule has 0 atom stereocenters. The van der Waals surface area contributed by atoms with Gasteiger partial charge in [-0.2, -0.15) is 0 Å². The van der Waals surface area contributed by atoms with Crippen LogP contribution in [0.25, 0.3) is 0 Å². The highest BCUT2D eigenvalue weighted by Crippen LogP contribution is 2.29. The molecule has 20 heavy (non-hydrogen) atoms. The third-order valence-electron chi connectivity index (χ3n) is 2.62. The van der Waals surface area contributed by atoms with E-state index in [1.807, 2.05) is 0 Å². The van der Waals surface area contributed by atoms with E-state index in [1.54, 1.807) is 12.1 Å². The summed E-state index contributed by atoms with van der Waals surface area (Å²) in [6.07, 6.45) is 0. The molecule has 2 aromatic rings. The first-order valence-corrected chi connectivity index (χ1v) is 7.78. The van der Waals surface area contributed by atoms with Gasteiger partial charge in [0.15, 0.2) is 0 Å². The van der Waals surface area contributed by atoms with Crippen LogP contribution in [0.3, 0.4) is 0 Å². The Morgan fingerprint density at radius 2 is 1.75 bits per heavy atom. The molecule has 0 saturated heterocycles. The third kappa shape index (κ3) is 3.06. The van der Waals surface area contributed by atoms with Crippen LogP contribution < -0.4 is 4.72 Å². The van der Waals surface area contributed by atoms with Crippen molar-refractivity contribution >= 4 is 38.9 Å². The minimum atomic E-state index is -3.88. The second-order valence-electron chi connectivity index (χ2n) is 4.12. The summed E-state index contributed by atoms with van der Waals surface area (Å²) in [5.41, 5.74) is 0.386. The van der Waals surface area contributed by atoms with Crippen molar-refractivity contribution in [2.75, 3.05) is 4.72 Å². The van der Waals surface area contributed by atoms with Gasteiger partial charge in [-0.25, -0.2) is 12.8 Å². The van der Waals surface area contributed by atoms with Crippen LogP contribution in [0.2, 0.25) is 10.0 Å². The lowest BCUT2D eigenvalue weighted by Gasteiger charge is -2.11. The molecule has 2 rings (SSSR count). The van der Waals surface area contributed by atoms with Gasteiger partial charge in [0.2, 0.25) is 0 Å². The van der Waals surface area contributed by atoms with Crippen LogP contribution >= 0.6 is 23.2 Å². The van der Waals surface area contributed by atoms with Crippen LogP contribution in [0.15, 0.2) is 41.3 Å². The molecule has 0 aliphatic rings. The minimum Gasteiger partial charge on any atom is -0.278 e. The zero-order valence-corrected chi connectivity index (χ0v) is 12.7. The average Bonchev–Trinajstić information content (AvgIpc) is 2.36. The minimum absolute atomic E-state index is 0.0243. The molecule has 1 N–H and O–H groups in total. The third-order valence-corrected chi connectivity index (χ3v) is 4.80. The number of hydrogen-bond acceptors (Lipinski definition) is 2. The molecule has 0 bridgehead atoms. The quantitative estimate of drug-likeness (QED) is 0.912. The topological polar surface area (TPSA) is 46.2 Å². The summed E-state index contributed by atoms with van der Waals surface area (Å²) in [6, 6.07) is 8.39. The Labute approximate surface area is 126 Å². The number of aryl methyl sites for hydroxylation is 1. The van der Waals surface area contributed by atoms with Crippen LogP contribution in [0.5, 0.6) is 0 Å². The van der Waals surface area contributed by atoms with Gasteiger partial charge in [0, 0.05) is 0 Å². The Hall–Kier alpha value is -1.30. The van der Waals surface area contributed by atoms with Crippen LogP contribution in [-0.4, -0.2) is 8.42 Å². The van der Waals surface area contributed by atoms with Gasteiger partial charge in [-0.1, -0.05) is 35.3 Å². The smallest absolute Gasteiger partial charge is 0.263 e. The summed E-state index contributed by atoms with van der Waals surface area (Å²) in [5, 5.41) is 0.0682. The van der Waals surface area contributed by atoms with Crippen LogP contribution in [0, 0.1) is 12.7 Å². The predicted molar refractivity (Wildman–Crippen MR) is 78.4 cm³/mol. The molecule has 0 spiro atoms. The van der Waals surface area contributed by atoms with Crippen LogP contribution in [0.4, 0.5) is 10.1 Å². The standard InChI is InChI=1S/C13H10Cl2FNO2S/c1-8-6-12(10(15)7-11(8)16)17-20(18,19)13-5-3-2-4-9(13)14/h2-7,17H,1H3. The van der Waals surface area contributed by atoms with Crippen molar-refractivity contribution in [3.05, 3.63) is 57.8 Å². The lowest BCUT2D eigenvalue weighted by atomic mass is 10.2. The van der Waals surface area contributed by atoms with E-state index in [0.717, 1.165) is 6.07 Å². The molecule has 2 aromatic carbocycles. The Morgan fingerprint density at radius 1 is 1.10 bits per heavy atom. The summed E-state index contributed by atoms with van der Waals surface area (Å²) < 4.78 is 40.0. The number of nitrogens with one attached hydrogen (secondary N) is 1. The number of benzene rings is 2. The summed E-state index contributed by atoms with van der Waals surface area (Å²) in [6.45, 7) is 1.51. The maximum Gasteiger partial charge on any atom is 0.263 e. The summed E-state index contributed by atoms with van der Waals surface area (Å²) in [5.74, 6) is -0.504. The van der Waals surface area contributed by atoms with Crippen LogP contribution in [0.1, 0.15) is 5.56 Å². The van der Waals surface area contributed by atoms with E-state index in [1.165, 1.54) is 25.1 Å². The molecule has 0 radical (unpaired) electrons. The summed E-state index contributed by atoms with van der Waals surface area (Å²) in [7, 11) is -3.88. The maximum atomic E-state index is 13.3. The fourth-order valence-electron chi connectivity index (χ4n) is 1.60. The molecular weight excluding hydrogens is 324 g/mol. The van der Waals surface area contributed by atoms with Crippen molar-refractivity contribution in [3.8, 4) is 0 Å². The lowest BCUT2D eigenvalue weighted by Crippen LogP contribution is -2.14. The van der Waals surface area contributed by atoms with Gasteiger partial charge in [0.05, 0.1) is 15.7 Å². The van der Waals surface area contributed by atoms with E-state index in [2.05, 4.69) is 4.72 Å². The van der Waals surface area contributed by atoms with Gasteiger partial charge in [0.1, 0.15) is 10.7 Å². The number of halogens is 3. The Morgan fingerprint density at radius 3 is 2.40 bits per heavy atom. The van der Waals surface area contributed by atoms with Gasteiger partial charge in [-0.3, -0.25) is 4.72 Å². The van der Waals surface area contributed by atoms with Gasteiger partial charge in [-0.05, 0) is 36.8 Å². The zero-order chi connectivity index (χ0) is 14.9. The van der Waals surface area contributed by atoms with Gasteiger partial charge >= 0.3 is 0 Å². The van der Waals surface area contributed by atoms with Gasteiger partial charge < -0.3 is 0 Å². The first-order chi connectivity index (χ1) is 9.31. The van der Waals surface area contributed by atoms with E-state index < -0.39 is 15.8 Å². The molecule has 0 amide bonds. The molecule has 7 heteroatoms. The Kier molecular flexibility index (Phi) is 4.22. The monoisotopic (exact) mass is 333 g/mol. The normalized spacial score (nSPS) is 11.4. The Balaban J connectivity index is 2.44. The molecular formula is C13H10Cl2FNO2S. The van der Waals surface area contributed by atoms with E-state index >= 15 is 0 Å². The Bertz CT molecular complexity index is 763. The molecule has 0 saturated carbocycles. The van der Waals surface area contributed by atoms with Crippen molar-refractivity contribution < 1.29 is 12.8 Å². The molecule has 0 aliphatic carbocycles. The van der Waals surface area contributed by atoms with Crippen molar-refractivity contribution in [1.29, 1.82) is 0 Å². The van der Waals surface area contributed by atoms with Crippen molar-refractivity contribution in [1.82, 2.24) is 0 Å². The van der Waals surface area contributed by atoms with E-state index in [9.17, 15) is 12.8 Å². The summed E-state index contributed by atoms with van der Waals surface area (Å²) >= 11 is 11.7. The van der Waals surface area contributed by atoms with E-state index in [0.29, 0.717) is 0 Å². The first-order valence-electron chi connectivity index (χ1n) is 5.54. The fraction of sp³-hybridized carbons (Fsp3) is 0.0769. The molecule has 106 valence electrons. The number of anilines is 1. The number of hydrogen-bond donors (Lipinski definition) is 1. The van der Waals surface area contributed by atoms with Gasteiger partial charge in [-0.15, -0.1) is 0 Å². The maximum absolute atomic E-state index is 13.3. The molecule has 3 nitrogen and oxygen atoms in total. The molecule has 0 aliphatic heterocycles. The molecule has 0 heterocycles. The van der Waals surface area contributed by atoms with Gasteiger partial charge in [0.25, 0.3) is 10.0 Å².